The molecule has 0 spiro atoms. The van der Waals surface area contributed by atoms with Crippen LogP contribution in [0.15, 0.2) is 48.5 Å². The van der Waals surface area contributed by atoms with Crippen molar-refractivity contribution in [1.29, 1.82) is 0 Å². The molecule has 6 heteroatoms. The van der Waals surface area contributed by atoms with Crippen molar-refractivity contribution in [3.05, 3.63) is 65.5 Å². The molecule has 0 aliphatic carbocycles. The van der Waals surface area contributed by atoms with Gasteiger partial charge in [0.05, 0.1) is 11.2 Å². The van der Waals surface area contributed by atoms with E-state index < -0.39 is 17.2 Å². The summed E-state index contributed by atoms with van der Waals surface area (Å²) in [4.78, 5) is 23.2. The molecule has 0 saturated carbocycles. The van der Waals surface area contributed by atoms with E-state index in [-0.39, 0.29) is 11.7 Å². The third-order valence-electron chi connectivity index (χ3n) is 3.79. The topological polar surface area (TPSA) is 66.4 Å². The van der Waals surface area contributed by atoms with Crippen molar-refractivity contribution in [2.75, 3.05) is 11.1 Å². The maximum Gasteiger partial charge on any atom is 0.313 e. The quantitative estimate of drug-likeness (QED) is 0.780. The Balaban J connectivity index is 2.09. The van der Waals surface area contributed by atoms with Crippen molar-refractivity contribution in [3.63, 3.8) is 0 Å². The molecule has 0 bridgehead atoms. The second-order valence-corrected chi connectivity index (χ2v) is 7.13. The smallest absolute Gasteiger partial charge is 0.313 e. The van der Waals surface area contributed by atoms with Gasteiger partial charge in [0.15, 0.2) is 0 Å². The fourth-order valence-corrected chi connectivity index (χ4v) is 3.06. The van der Waals surface area contributed by atoms with Crippen LogP contribution in [0.1, 0.15) is 25.0 Å². The minimum atomic E-state index is -1.03. The lowest BCUT2D eigenvalue weighted by Gasteiger charge is -2.24. The van der Waals surface area contributed by atoms with E-state index in [0.29, 0.717) is 17.0 Å². The van der Waals surface area contributed by atoms with Crippen LogP contribution in [0, 0.1) is 5.82 Å². The average Bonchev–Trinajstić information content (AvgIpc) is 2.55. The van der Waals surface area contributed by atoms with Gasteiger partial charge in [-0.1, -0.05) is 30.3 Å². The second kappa shape index (κ2) is 8.16. The van der Waals surface area contributed by atoms with Crippen molar-refractivity contribution in [2.45, 2.75) is 25.0 Å². The minimum absolute atomic E-state index is 0.0247. The van der Waals surface area contributed by atoms with E-state index in [1.807, 2.05) is 6.07 Å². The molecule has 0 atom stereocenters. The van der Waals surface area contributed by atoms with Crippen molar-refractivity contribution in [2.24, 2.45) is 0 Å². The highest BCUT2D eigenvalue weighted by molar-refractivity contribution is 7.99. The van der Waals surface area contributed by atoms with Gasteiger partial charge in [0.25, 0.3) is 0 Å². The lowest BCUT2D eigenvalue weighted by atomic mass is 9.83. The van der Waals surface area contributed by atoms with Gasteiger partial charge in [0.1, 0.15) is 5.82 Å². The van der Waals surface area contributed by atoms with Gasteiger partial charge < -0.3 is 10.4 Å². The van der Waals surface area contributed by atoms with Crippen LogP contribution >= 0.6 is 11.8 Å². The van der Waals surface area contributed by atoms with Crippen molar-refractivity contribution >= 4 is 29.3 Å². The summed E-state index contributed by atoms with van der Waals surface area (Å²) < 4.78 is 14.0. The molecule has 0 saturated heterocycles. The standard InChI is InChI=1S/C19H20FNO3S/c1-19(2,15-8-3-4-9-16(15)20)18(24)21-14-7-5-6-13(10-14)11-25-12-17(22)23/h3-10H,11-12H2,1-2H3,(H,21,24)(H,22,23). The monoisotopic (exact) mass is 361 g/mol. The Morgan fingerprint density at radius 2 is 1.88 bits per heavy atom. The highest BCUT2D eigenvalue weighted by Crippen LogP contribution is 2.27. The third-order valence-corrected chi connectivity index (χ3v) is 4.78. The van der Waals surface area contributed by atoms with E-state index >= 15 is 0 Å². The first-order valence-electron chi connectivity index (χ1n) is 7.75. The number of hydrogen-bond acceptors (Lipinski definition) is 3. The second-order valence-electron chi connectivity index (χ2n) is 6.15. The molecule has 2 rings (SSSR count). The Hall–Kier alpha value is -2.34. The molecule has 4 nitrogen and oxygen atoms in total. The van der Waals surface area contributed by atoms with E-state index in [4.69, 9.17) is 5.11 Å². The summed E-state index contributed by atoms with van der Waals surface area (Å²) in [6.45, 7) is 3.35. The summed E-state index contributed by atoms with van der Waals surface area (Å²) in [6, 6.07) is 13.4. The number of amides is 1. The fourth-order valence-electron chi connectivity index (χ4n) is 2.37. The maximum absolute atomic E-state index is 14.0. The van der Waals surface area contributed by atoms with E-state index in [0.717, 1.165) is 5.56 Å². The van der Waals surface area contributed by atoms with Crippen molar-refractivity contribution in [3.8, 4) is 0 Å². The molecular weight excluding hydrogens is 341 g/mol. The molecule has 1 amide bonds. The number of hydrogen-bond donors (Lipinski definition) is 2. The zero-order valence-corrected chi connectivity index (χ0v) is 14.9. The fraction of sp³-hybridized carbons (Fsp3) is 0.263. The number of carbonyl (C=O) groups is 2. The summed E-state index contributed by atoms with van der Waals surface area (Å²) in [5, 5.41) is 11.5. The predicted octanol–water partition coefficient (Wildman–Crippen LogP) is 4.06. The van der Waals surface area contributed by atoms with Crippen LogP contribution in [0.5, 0.6) is 0 Å². The van der Waals surface area contributed by atoms with Crippen LogP contribution < -0.4 is 5.32 Å². The predicted molar refractivity (Wildman–Crippen MR) is 98.3 cm³/mol. The first-order valence-corrected chi connectivity index (χ1v) is 8.91. The summed E-state index contributed by atoms with van der Waals surface area (Å²) >= 11 is 1.28. The van der Waals surface area contributed by atoms with Crippen LogP contribution in [0.4, 0.5) is 10.1 Å². The number of aliphatic carboxylic acids is 1. The van der Waals surface area contributed by atoms with Gasteiger partial charge in [-0.15, -0.1) is 11.8 Å². The van der Waals surface area contributed by atoms with Crippen LogP contribution in [0.3, 0.4) is 0 Å². The molecule has 2 aromatic carbocycles. The molecule has 0 fully saturated rings. The van der Waals surface area contributed by atoms with E-state index in [1.165, 1.54) is 17.8 Å². The number of thioether (sulfide) groups is 1. The average molecular weight is 361 g/mol. The zero-order chi connectivity index (χ0) is 18.4. The van der Waals surface area contributed by atoms with Crippen molar-refractivity contribution in [1.82, 2.24) is 0 Å². The van der Waals surface area contributed by atoms with Gasteiger partial charge in [-0.05, 0) is 37.6 Å². The van der Waals surface area contributed by atoms with E-state index in [2.05, 4.69) is 5.32 Å². The maximum atomic E-state index is 14.0. The number of carboxylic acid groups (broad SMARTS) is 1. The Morgan fingerprint density at radius 3 is 2.56 bits per heavy atom. The van der Waals surface area contributed by atoms with Gasteiger partial charge in [0, 0.05) is 17.0 Å². The highest BCUT2D eigenvalue weighted by Gasteiger charge is 2.32. The van der Waals surface area contributed by atoms with Gasteiger partial charge in [-0.3, -0.25) is 9.59 Å². The summed E-state index contributed by atoms with van der Waals surface area (Å²) in [7, 11) is 0. The number of halogens is 1. The molecule has 0 unspecified atom stereocenters. The molecule has 0 aromatic heterocycles. The largest absolute Gasteiger partial charge is 0.481 e. The number of anilines is 1. The van der Waals surface area contributed by atoms with Crippen LogP contribution in [-0.2, 0) is 20.8 Å². The zero-order valence-electron chi connectivity index (χ0n) is 14.1. The molecule has 0 radical (unpaired) electrons. The van der Waals surface area contributed by atoms with E-state index in [9.17, 15) is 14.0 Å². The first-order chi connectivity index (χ1) is 11.8. The van der Waals surface area contributed by atoms with Crippen LogP contribution in [-0.4, -0.2) is 22.7 Å². The Morgan fingerprint density at radius 1 is 1.16 bits per heavy atom. The molecule has 2 aromatic rings. The van der Waals surface area contributed by atoms with Crippen LogP contribution in [0.2, 0.25) is 0 Å². The molecule has 132 valence electrons. The number of carbonyl (C=O) groups excluding carboxylic acids is 1. The first kappa shape index (κ1) is 19.0. The minimum Gasteiger partial charge on any atom is -0.481 e. The molecule has 2 N–H and O–H groups in total. The molecule has 0 aliphatic rings. The van der Waals surface area contributed by atoms with Gasteiger partial charge in [-0.2, -0.15) is 0 Å². The number of carboxylic acids is 1. The van der Waals surface area contributed by atoms with Gasteiger partial charge in [0.2, 0.25) is 5.91 Å². The summed E-state index contributed by atoms with van der Waals surface area (Å²) in [5.41, 5.74) is 0.815. The summed E-state index contributed by atoms with van der Waals surface area (Å²) in [6.07, 6.45) is 0. The SMILES string of the molecule is CC(C)(C(=O)Nc1cccc(CSCC(=O)O)c1)c1ccccc1F. The van der Waals surface area contributed by atoms with Crippen molar-refractivity contribution < 1.29 is 19.1 Å². The molecule has 0 heterocycles. The number of benzene rings is 2. The lowest BCUT2D eigenvalue weighted by molar-refractivity contribution is -0.133. The molecule has 0 aliphatic heterocycles. The summed E-state index contributed by atoms with van der Waals surface area (Å²) in [5.74, 6) is -1.03. The van der Waals surface area contributed by atoms with Crippen LogP contribution in [0.25, 0.3) is 0 Å². The lowest BCUT2D eigenvalue weighted by Crippen LogP contribution is -2.35. The highest BCUT2D eigenvalue weighted by atomic mass is 32.2. The Kier molecular flexibility index (Phi) is 6.20. The van der Waals surface area contributed by atoms with Gasteiger partial charge >= 0.3 is 5.97 Å². The third kappa shape index (κ3) is 5.06. The normalized spacial score (nSPS) is 11.2. The Bertz CT molecular complexity index is 777. The van der Waals surface area contributed by atoms with E-state index in [1.54, 1.807) is 50.2 Å². The number of nitrogens with one attached hydrogen (secondary N) is 1. The molecule has 25 heavy (non-hydrogen) atoms. The number of rotatable bonds is 7. The van der Waals surface area contributed by atoms with Gasteiger partial charge in [-0.25, -0.2) is 4.39 Å². The Labute approximate surface area is 150 Å². The molecular formula is C19H20FNO3S.